The van der Waals surface area contributed by atoms with E-state index in [1.165, 1.54) is 9.80 Å². The lowest BCUT2D eigenvalue weighted by Crippen LogP contribution is -2.35. The van der Waals surface area contributed by atoms with Crippen LogP contribution in [0.2, 0.25) is 0 Å². The third kappa shape index (κ3) is 4.51. The van der Waals surface area contributed by atoms with Gasteiger partial charge in [-0.1, -0.05) is 0 Å². The third-order valence-corrected chi connectivity index (χ3v) is 2.99. The van der Waals surface area contributed by atoms with Crippen LogP contribution in [0.5, 0.6) is 0 Å². The number of nitrogens with zero attached hydrogens (tertiary/aromatic N) is 2. The van der Waals surface area contributed by atoms with Gasteiger partial charge in [0.05, 0.1) is 0 Å². The number of nitrogens with one attached hydrogen (secondary N) is 1. The predicted octanol–water partition coefficient (Wildman–Crippen LogP) is -0.452. The molecule has 7 nitrogen and oxygen atoms in total. The Morgan fingerprint density at radius 3 is 2.68 bits per heavy atom. The molecule has 7 heteroatoms. The SMILES string of the molecule is CC(CCO)NC(=O)CCCN1C(=O)CN(C)C1=O. The van der Waals surface area contributed by atoms with Crippen molar-refractivity contribution in [2.75, 3.05) is 26.7 Å². The molecule has 1 heterocycles. The molecule has 4 amide bonds. The maximum atomic E-state index is 11.6. The van der Waals surface area contributed by atoms with Gasteiger partial charge in [0.15, 0.2) is 0 Å². The third-order valence-electron chi connectivity index (χ3n) is 2.99. The molecule has 1 aliphatic heterocycles. The van der Waals surface area contributed by atoms with Crippen LogP contribution >= 0.6 is 0 Å². The zero-order valence-corrected chi connectivity index (χ0v) is 11.4. The van der Waals surface area contributed by atoms with Crippen LogP contribution in [0.1, 0.15) is 26.2 Å². The summed E-state index contributed by atoms with van der Waals surface area (Å²) in [5.74, 6) is -0.352. The van der Waals surface area contributed by atoms with Crippen molar-refractivity contribution in [2.45, 2.75) is 32.2 Å². The second kappa shape index (κ2) is 7.08. The molecule has 0 aromatic rings. The Labute approximate surface area is 112 Å². The van der Waals surface area contributed by atoms with Gasteiger partial charge >= 0.3 is 6.03 Å². The van der Waals surface area contributed by atoms with E-state index in [9.17, 15) is 14.4 Å². The first-order valence-corrected chi connectivity index (χ1v) is 6.41. The number of amides is 4. The van der Waals surface area contributed by atoms with Crippen LogP contribution in [-0.4, -0.2) is 65.5 Å². The highest BCUT2D eigenvalue weighted by Gasteiger charge is 2.32. The van der Waals surface area contributed by atoms with Gasteiger partial charge in [-0.15, -0.1) is 0 Å². The topological polar surface area (TPSA) is 89.9 Å². The molecular formula is C12H21N3O4. The van der Waals surface area contributed by atoms with Crippen molar-refractivity contribution in [2.24, 2.45) is 0 Å². The van der Waals surface area contributed by atoms with Crippen LogP contribution in [0.25, 0.3) is 0 Å². The van der Waals surface area contributed by atoms with Crippen LogP contribution in [0.15, 0.2) is 0 Å². The van der Waals surface area contributed by atoms with Gasteiger partial charge < -0.3 is 15.3 Å². The van der Waals surface area contributed by atoms with Gasteiger partial charge in [0, 0.05) is 32.7 Å². The number of carbonyl (C=O) groups is 3. The Morgan fingerprint density at radius 1 is 1.47 bits per heavy atom. The number of hydrogen-bond donors (Lipinski definition) is 2. The van der Waals surface area contributed by atoms with Gasteiger partial charge in [-0.2, -0.15) is 0 Å². The zero-order valence-electron chi connectivity index (χ0n) is 11.4. The first kappa shape index (κ1) is 15.4. The average molecular weight is 271 g/mol. The van der Waals surface area contributed by atoms with Crippen molar-refractivity contribution in [3.8, 4) is 0 Å². The van der Waals surface area contributed by atoms with Gasteiger partial charge in [-0.25, -0.2) is 4.79 Å². The molecule has 2 N–H and O–H groups in total. The molecule has 0 aliphatic carbocycles. The smallest absolute Gasteiger partial charge is 0.326 e. The number of urea groups is 1. The van der Waals surface area contributed by atoms with Crippen LogP contribution in [0, 0.1) is 0 Å². The lowest BCUT2D eigenvalue weighted by molar-refractivity contribution is -0.126. The lowest BCUT2D eigenvalue weighted by atomic mass is 10.2. The molecule has 1 fully saturated rings. The summed E-state index contributed by atoms with van der Waals surface area (Å²) in [4.78, 5) is 37.1. The van der Waals surface area contributed by atoms with E-state index in [4.69, 9.17) is 5.11 Å². The van der Waals surface area contributed by atoms with Gasteiger partial charge in [0.1, 0.15) is 6.54 Å². The quantitative estimate of drug-likeness (QED) is 0.614. The maximum absolute atomic E-state index is 11.6. The number of aliphatic hydroxyl groups is 1. The Bertz CT molecular complexity index is 359. The number of hydrogen-bond acceptors (Lipinski definition) is 4. The van der Waals surface area contributed by atoms with E-state index in [0.29, 0.717) is 12.8 Å². The molecule has 0 saturated carbocycles. The number of rotatable bonds is 7. The highest BCUT2D eigenvalue weighted by atomic mass is 16.3. The first-order valence-electron chi connectivity index (χ1n) is 6.41. The molecule has 0 spiro atoms. The minimum absolute atomic E-state index is 0.0323. The van der Waals surface area contributed by atoms with Crippen LogP contribution in [0.4, 0.5) is 4.79 Å². The molecule has 1 unspecified atom stereocenters. The Hall–Kier alpha value is -1.63. The summed E-state index contributed by atoms with van der Waals surface area (Å²) in [5, 5.41) is 11.5. The van der Waals surface area contributed by atoms with E-state index in [0.717, 1.165) is 0 Å². The van der Waals surface area contributed by atoms with Gasteiger partial charge in [-0.3, -0.25) is 14.5 Å². The van der Waals surface area contributed by atoms with Crippen LogP contribution < -0.4 is 5.32 Å². The fourth-order valence-electron chi connectivity index (χ4n) is 1.90. The number of likely N-dealkylation sites (N-methyl/N-ethyl adjacent to an activating group) is 1. The fourth-order valence-corrected chi connectivity index (χ4v) is 1.90. The van der Waals surface area contributed by atoms with Crippen molar-refractivity contribution in [3.05, 3.63) is 0 Å². The molecule has 0 bridgehead atoms. The first-order chi connectivity index (χ1) is 8.95. The van der Waals surface area contributed by atoms with E-state index in [-0.39, 0.29) is 50.0 Å². The summed E-state index contributed by atoms with van der Waals surface area (Å²) in [7, 11) is 1.57. The number of aliphatic hydroxyl groups excluding tert-OH is 1. The molecule has 108 valence electrons. The highest BCUT2D eigenvalue weighted by molar-refractivity contribution is 6.01. The standard InChI is InChI=1S/C12H21N3O4/c1-9(5-7-16)13-10(17)4-3-6-15-11(18)8-14(2)12(15)19/h9,16H,3-8H2,1-2H3,(H,13,17). The Kier molecular flexibility index (Phi) is 5.75. The summed E-state index contributed by atoms with van der Waals surface area (Å²) in [6, 6.07) is -0.377. The molecule has 1 rings (SSSR count). The number of imide groups is 1. The van der Waals surface area contributed by atoms with Crippen molar-refractivity contribution >= 4 is 17.8 Å². The molecule has 0 aromatic carbocycles. The van der Waals surface area contributed by atoms with E-state index in [1.807, 2.05) is 6.92 Å². The average Bonchev–Trinajstić information content (AvgIpc) is 2.55. The Morgan fingerprint density at radius 2 is 2.16 bits per heavy atom. The maximum Gasteiger partial charge on any atom is 0.326 e. The number of carbonyl (C=O) groups excluding carboxylic acids is 3. The minimum Gasteiger partial charge on any atom is -0.396 e. The highest BCUT2D eigenvalue weighted by Crippen LogP contribution is 2.09. The second-order valence-corrected chi connectivity index (χ2v) is 4.77. The van der Waals surface area contributed by atoms with Crippen molar-refractivity contribution in [1.29, 1.82) is 0 Å². The van der Waals surface area contributed by atoms with Crippen LogP contribution in [-0.2, 0) is 9.59 Å². The van der Waals surface area contributed by atoms with E-state index in [2.05, 4.69) is 5.32 Å². The summed E-state index contributed by atoms with van der Waals surface area (Å²) in [6.45, 7) is 2.23. The second-order valence-electron chi connectivity index (χ2n) is 4.77. The van der Waals surface area contributed by atoms with Crippen LogP contribution in [0.3, 0.4) is 0 Å². The van der Waals surface area contributed by atoms with Crippen molar-refractivity contribution in [3.63, 3.8) is 0 Å². The predicted molar refractivity (Wildman–Crippen MR) is 68.3 cm³/mol. The minimum atomic E-state index is -0.306. The molecule has 1 atom stereocenters. The van der Waals surface area contributed by atoms with E-state index >= 15 is 0 Å². The summed E-state index contributed by atoms with van der Waals surface area (Å²) < 4.78 is 0. The molecule has 1 aliphatic rings. The van der Waals surface area contributed by atoms with Crippen molar-refractivity contribution in [1.82, 2.24) is 15.1 Å². The normalized spacial score (nSPS) is 17.0. The van der Waals surface area contributed by atoms with Gasteiger partial charge in [-0.05, 0) is 19.8 Å². The molecular weight excluding hydrogens is 250 g/mol. The zero-order chi connectivity index (χ0) is 14.4. The van der Waals surface area contributed by atoms with E-state index < -0.39 is 0 Å². The van der Waals surface area contributed by atoms with Gasteiger partial charge in [0.25, 0.3) is 0 Å². The largest absolute Gasteiger partial charge is 0.396 e. The summed E-state index contributed by atoms with van der Waals surface area (Å²) in [6.07, 6.45) is 1.22. The summed E-state index contributed by atoms with van der Waals surface area (Å²) in [5.41, 5.74) is 0. The van der Waals surface area contributed by atoms with Crippen molar-refractivity contribution < 1.29 is 19.5 Å². The molecule has 1 saturated heterocycles. The molecule has 0 radical (unpaired) electrons. The fraction of sp³-hybridized carbons (Fsp3) is 0.750. The molecule has 0 aromatic heterocycles. The lowest BCUT2D eigenvalue weighted by Gasteiger charge is -2.15. The van der Waals surface area contributed by atoms with E-state index in [1.54, 1.807) is 7.05 Å². The Balaban J connectivity index is 2.25. The summed E-state index contributed by atoms with van der Waals surface area (Å²) >= 11 is 0. The van der Waals surface area contributed by atoms with Gasteiger partial charge in [0.2, 0.25) is 11.8 Å². The molecule has 19 heavy (non-hydrogen) atoms. The monoisotopic (exact) mass is 271 g/mol.